The second-order valence-corrected chi connectivity index (χ2v) is 8.53. The van der Waals surface area contributed by atoms with E-state index >= 15 is 0 Å². The highest BCUT2D eigenvalue weighted by Gasteiger charge is 2.23. The Bertz CT molecular complexity index is 954. The van der Waals surface area contributed by atoms with Crippen LogP contribution in [0.15, 0.2) is 30.3 Å². The van der Waals surface area contributed by atoms with Crippen LogP contribution in [0.4, 0.5) is 0 Å². The van der Waals surface area contributed by atoms with Crippen LogP contribution in [0.2, 0.25) is 0 Å². The van der Waals surface area contributed by atoms with Crippen molar-refractivity contribution < 1.29 is 0 Å². The molecule has 30 heavy (non-hydrogen) atoms. The lowest BCUT2D eigenvalue weighted by molar-refractivity contribution is 0.540. The molecule has 0 saturated carbocycles. The molecule has 3 aromatic rings. The molecule has 5 rings (SSSR count). The zero-order valence-electron chi connectivity index (χ0n) is 17.6. The molecule has 0 bridgehead atoms. The highest BCUT2D eigenvalue weighted by Crippen LogP contribution is 2.24. The summed E-state index contributed by atoms with van der Waals surface area (Å²) in [6.07, 6.45) is 16.2. The van der Waals surface area contributed by atoms with Crippen LogP contribution in [0.5, 0.6) is 0 Å². The Hall–Kier alpha value is -2.76. The van der Waals surface area contributed by atoms with E-state index in [0.29, 0.717) is 0 Å². The van der Waals surface area contributed by atoms with E-state index in [1.54, 1.807) is 0 Å². The molecule has 1 aromatic carbocycles. The van der Waals surface area contributed by atoms with Gasteiger partial charge in [-0.15, -0.1) is 10.2 Å². The predicted molar refractivity (Wildman–Crippen MR) is 117 cm³/mol. The van der Waals surface area contributed by atoms with Crippen LogP contribution < -0.4 is 0 Å². The summed E-state index contributed by atoms with van der Waals surface area (Å²) in [4.78, 5) is 0. The van der Waals surface area contributed by atoms with Gasteiger partial charge < -0.3 is 0 Å². The second-order valence-electron chi connectivity index (χ2n) is 8.53. The molecule has 0 unspecified atom stereocenters. The van der Waals surface area contributed by atoms with Crippen LogP contribution >= 0.6 is 0 Å². The third-order valence-electron chi connectivity index (χ3n) is 6.37. The Labute approximate surface area is 178 Å². The Morgan fingerprint density at radius 3 is 1.67 bits per heavy atom. The topological polar surface area (TPSA) is 61.4 Å². The van der Waals surface area contributed by atoms with Gasteiger partial charge in [0.05, 0.1) is 22.8 Å². The maximum atomic E-state index is 4.63. The number of aromatic nitrogens is 6. The Balaban J connectivity index is 1.64. The second kappa shape index (κ2) is 8.94. The molecule has 0 atom stereocenters. The van der Waals surface area contributed by atoms with Crippen molar-refractivity contribution in [2.75, 3.05) is 0 Å². The monoisotopic (exact) mass is 402 g/mol. The molecule has 0 spiro atoms. The molecule has 2 aliphatic carbocycles. The minimum absolute atomic E-state index is 0.949. The first-order chi connectivity index (χ1) is 14.9. The van der Waals surface area contributed by atoms with E-state index in [1.807, 2.05) is 15.4 Å². The van der Waals surface area contributed by atoms with Crippen molar-refractivity contribution in [1.29, 1.82) is 0 Å². The lowest BCUT2D eigenvalue weighted by Crippen LogP contribution is -2.20. The summed E-state index contributed by atoms with van der Waals surface area (Å²) in [5, 5.41) is 18.4. The lowest BCUT2D eigenvalue weighted by atomic mass is 10.0. The summed E-state index contributed by atoms with van der Waals surface area (Å²) in [5.74, 6) is 0.949. The van der Waals surface area contributed by atoms with Crippen LogP contribution in [-0.2, 0) is 25.7 Å². The summed E-state index contributed by atoms with van der Waals surface area (Å²) in [6, 6.07) is 10.4. The van der Waals surface area contributed by atoms with Crippen LogP contribution in [0, 0.1) is 5.82 Å². The third-order valence-corrected chi connectivity index (χ3v) is 6.37. The van der Waals surface area contributed by atoms with Gasteiger partial charge in [-0.2, -0.15) is 9.36 Å². The maximum Gasteiger partial charge on any atom is 0.159 e. The molecule has 0 saturated heterocycles. The molecule has 0 radical (unpaired) electrons. The zero-order chi connectivity index (χ0) is 20.2. The van der Waals surface area contributed by atoms with Crippen LogP contribution in [0.3, 0.4) is 0 Å². The summed E-state index contributed by atoms with van der Waals surface area (Å²) in [6.45, 7) is 0. The predicted octanol–water partition coefficient (Wildman–Crippen LogP) is 4.51. The summed E-state index contributed by atoms with van der Waals surface area (Å²) < 4.78 is 4.09. The molecule has 2 aromatic heterocycles. The maximum absolute atomic E-state index is 4.63. The minimum atomic E-state index is 0.949. The summed E-state index contributed by atoms with van der Waals surface area (Å²) >= 11 is 0. The minimum Gasteiger partial charge on any atom is -0.199 e. The molecule has 0 N–H and O–H groups in total. The van der Waals surface area contributed by atoms with Gasteiger partial charge in [0.1, 0.15) is 0 Å². The number of aryl methyl sites for hydroxylation is 2. The standard InChI is InChI=1S/C24H30N6/c1-3-10-16-22-20(14-8-1)25-27-29(22)24(18-19-12-6-5-7-13-19)30-23-17-11-4-2-9-15-21(23)26-28-30/h5-7,12-13,18H,1-4,8-11,14-17H2. The van der Waals surface area contributed by atoms with Gasteiger partial charge in [-0.3, -0.25) is 0 Å². The fourth-order valence-corrected chi connectivity index (χ4v) is 4.71. The van der Waals surface area contributed by atoms with Crippen molar-refractivity contribution in [3.05, 3.63) is 64.5 Å². The molecule has 6 heteroatoms. The Morgan fingerprint density at radius 1 is 0.633 bits per heavy atom. The van der Waals surface area contributed by atoms with Crippen molar-refractivity contribution in [2.45, 2.75) is 77.0 Å². The Kier molecular flexibility index (Phi) is 5.73. The molecule has 6 nitrogen and oxygen atoms in total. The highest BCUT2D eigenvalue weighted by molar-refractivity contribution is 5.50. The third kappa shape index (κ3) is 3.95. The molecule has 0 amide bonds. The van der Waals surface area contributed by atoms with E-state index in [4.69, 9.17) is 0 Å². The van der Waals surface area contributed by atoms with E-state index in [-0.39, 0.29) is 0 Å². The highest BCUT2D eigenvalue weighted by atomic mass is 15.5. The normalized spacial score (nSPS) is 17.1. The van der Waals surface area contributed by atoms with Crippen LogP contribution in [0.1, 0.15) is 79.7 Å². The largest absolute Gasteiger partial charge is 0.199 e. The van der Waals surface area contributed by atoms with E-state index in [0.717, 1.165) is 48.5 Å². The lowest BCUT2D eigenvalue weighted by Gasteiger charge is -2.16. The first kappa shape index (κ1) is 19.2. The van der Waals surface area contributed by atoms with E-state index in [2.05, 4.69) is 51.0 Å². The van der Waals surface area contributed by atoms with E-state index in [9.17, 15) is 0 Å². The van der Waals surface area contributed by atoms with Gasteiger partial charge in [0.15, 0.2) is 5.82 Å². The molecule has 2 aliphatic rings. The number of fused-ring (bicyclic) bond motifs is 2. The molecular formula is C24H30N6. The number of benzene rings is 1. The molecule has 156 valence electrons. The fraction of sp³-hybridized carbons (Fsp3) is 0.500. The van der Waals surface area contributed by atoms with Crippen molar-refractivity contribution in [3.8, 4) is 0 Å². The quantitative estimate of drug-likeness (QED) is 0.647. The molecule has 0 aliphatic heterocycles. The van der Waals surface area contributed by atoms with Crippen molar-refractivity contribution in [3.63, 3.8) is 0 Å². The smallest absolute Gasteiger partial charge is 0.159 e. The van der Waals surface area contributed by atoms with Gasteiger partial charge in [0, 0.05) is 0 Å². The first-order valence-corrected chi connectivity index (χ1v) is 11.5. The Morgan fingerprint density at radius 2 is 1.13 bits per heavy atom. The first-order valence-electron chi connectivity index (χ1n) is 11.5. The average molecular weight is 403 g/mol. The number of hydrogen-bond donors (Lipinski definition) is 0. The number of nitrogens with zero attached hydrogens (tertiary/aromatic N) is 6. The summed E-state index contributed by atoms with van der Waals surface area (Å²) in [5.41, 5.74) is 5.92. The van der Waals surface area contributed by atoms with Crippen LogP contribution in [-0.4, -0.2) is 30.0 Å². The van der Waals surface area contributed by atoms with E-state index in [1.165, 1.54) is 62.8 Å². The van der Waals surface area contributed by atoms with Gasteiger partial charge in [-0.1, -0.05) is 66.4 Å². The van der Waals surface area contributed by atoms with Gasteiger partial charge in [0.25, 0.3) is 0 Å². The van der Waals surface area contributed by atoms with Crippen molar-refractivity contribution >= 4 is 6.08 Å². The average Bonchev–Trinajstić information content (AvgIpc) is 3.30. The van der Waals surface area contributed by atoms with Crippen molar-refractivity contribution in [2.24, 2.45) is 0 Å². The molecule has 0 fully saturated rings. The van der Waals surface area contributed by atoms with Gasteiger partial charge in [-0.25, -0.2) is 0 Å². The SMILES string of the molecule is C(=C(n1nnc2c1CCCCCC2)n1nnc2c1CCCCCC2)c1ccccc1. The molecule has 2 heterocycles. The van der Waals surface area contributed by atoms with Gasteiger partial charge in [-0.05, 0) is 63.0 Å². The van der Waals surface area contributed by atoms with Crippen molar-refractivity contribution in [1.82, 2.24) is 30.0 Å². The molecular weight excluding hydrogens is 372 g/mol. The fourth-order valence-electron chi connectivity index (χ4n) is 4.71. The zero-order valence-corrected chi connectivity index (χ0v) is 17.6. The number of rotatable bonds is 3. The number of hydrogen-bond acceptors (Lipinski definition) is 4. The van der Waals surface area contributed by atoms with Crippen LogP contribution in [0.25, 0.3) is 6.08 Å². The van der Waals surface area contributed by atoms with E-state index < -0.39 is 0 Å². The van der Waals surface area contributed by atoms with Gasteiger partial charge in [0.2, 0.25) is 0 Å². The summed E-state index contributed by atoms with van der Waals surface area (Å²) in [7, 11) is 0. The van der Waals surface area contributed by atoms with Gasteiger partial charge >= 0.3 is 0 Å².